The summed E-state index contributed by atoms with van der Waals surface area (Å²) in [6, 6.07) is 4.45. The molecular formula is C14H18N2O4. The van der Waals surface area contributed by atoms with E-state index in [-0.39, 0.29) is 11.3 Å². The molecule has 1 aromatic carbocycles. The summed E-state index contributed by atoms with van der Waals surface area (Å²) in [4.78, 5) is 23.8. The van der Waals surface area contributed by atoms with Crippen LogP contribution in [0.4, 0.5) is 5.69 Å². The lowest BCUT2D eigenvalue weighted by Gasteiger charge is -2.31. The highest BCUT2D eigenvalue weighted by atomic mass is 16.6. The van der Waals surface area contributed by atoms with Gasteiger partial charge in [0.05, 0.1) is 4.92 Å². The maximum Gasteiger partial charge on any atom is 0.343 e. The van der Waals surface area contributed by atoms with Gasteiger partial charge in [0.2, 0.25) is 0 Å². The molecule has 1 heterocycles. The van der Waals surface area contributed by atoms with E-state index >= 15 is 0 Å². The maximum atomic E-state index is 11.3. The summed E-state index contributed by atoms with van der Waals surface area (Å²) < 4.78 is 0. The van der Waals surface area contributed by atoms with Crippen molar-refractivity contribution in [3.8, 4) is 0 Å². The van der Waals surface area contributed by atoms with Crippen molar-refractivity contribution in [1.29, 1.82) is 0 Å². The normalized spacial score (nSPS) is 19.8. The van der Waals surface area contributed by atoms with Gasteiger partial charge < -0.3 is 5.11 Å². The fraction of sp³-hybridized carbons (Fsp3) is 0.500. The van der Waals surface area contributed by atoms with E-state index in [0.29, 0.717) is 18.0 Å². The SMILES string of the molecule is CC1CCCN(Cc2cccc([N+](=O)[O-])c2C(=O)O)C1. The van der Waals surface area contributed by atoms with Gasteiger partial charge >= 0.3 is 5.97 Å². The second kappa shape index (κ2) is 6.00. The van der Waals surface area contributed by atoms with Gasteiger partial charge in [0.25, 0.3) is 5.69 Å². The van der Waals surface area contributed by atoms with E-state index in [1.165, 1.54) is 12.5 Å². The molecule has 2 rings (SSSR count). The molecule has 1 aliphatic heterocycles. The third kappa shape index (κ3) is 3.14. The molecule has 0 radical (unpaired) electrons. The van der Waals surface area contributed by atoms with Crippen LogP contribution in [0.5, 0.6) is 0 Å². The van der Waals surface area contributed by atoms with Gasteiger partial charge in [0, 0.05) is 19.2 Å². The lowest BCUT2D eigenvalue weighted by atomic mass is 9.98. The molecule has 1 atom stereocenters. The van der Waals surface area contributed by atoms with Gasteiger partial charge in [0.15, 0.2) is 0 Å². The number of carboxylic acids is 1. The number of piperidine rings is 1. The van der Waals surface area contributed by atoms with Crippen molar-refractivity contribution in [2.75, 3.05) is 13.1 Å². The first kappa shape index (κ1) is 14.5. The molecule has 6 nitrogen and oxygen atoms in total. The molecule has 0 aliphatic carbocycles. The van der Waals surface area contributed by atoms with E-state index in [9.17, 15) is 20.0 Å². The van der Waals surface area contributed by atoms with Crippen molar-refractivity contribution in [3.05, 3.63) is 39.4 Å². The van der Waals surface area contributed by atoms with E-state index in [1.54, 1.807) is 12.1 Å². The summed E-state index contributed by atoms with van der Waals surface area (Å²) in [5, 5.41) is 20.2. The molecule has 1 N–H and O–H groups in total. The number of hydrogen-bond acceptors (Lipinski definition) is 4. The minimum Gasteiger partial charge on any atom is -0.477 e. The van der Waals surface area contributed by atoms with Gasteiger partial charge in [-0.2, -0.15) is 0 Å². The fourth-order valence-corrected chi connectivity index (χ4v) is 2.79. The third-order valence-electron chi connectivity index (χ3n) is 3.67. The van der Waals surface area contributed by atoms with Crippen molar-refractivity contribution in [3.63, 3.8) is 0 Å². The average molecular weight is 278 g/mol. The number of nitrogens with zero attached hydrogens (tertiary/aromatic N) is 2. The van der Waals surface area contributed by atoms with Crippen LogP contribution in [0.1, 0.15) is 35.7 Å². The van der Waals surface area contributed by atoms with Crippen molar-refractivity contribution >= 4 is 11.7 Å². The highest BCUT2D eigenvalue weighted by molar-refractivity contribution is 5.94. The Morgan fingerprint density at radius 1 is 1.55 bits per heavy atom. The van der Waals surface area contributed by atoms with E-state index in [2.05, 4.69) is 11.8 Å². The minimum absolute atomic E-state index is 0.185. The lowest BCUT2D eigenvalue weighted by molar-refractivity contribution is -0.385. The van der Waals surface area contributed by atoms with Gasteiger partial charge in [0.1, 0.15) is 5.56 Å². The fourth-order valence-electron chi connectivity index (χ4n) is 2.79. The van der Waals surface area contributed by atoms with E-state index in [1.807, 2.05) is 0 Å². The smallest absolute Gasteiger partial charge is 0.343 e. The van der Waals surface area contributed by atoms with E-state index < -0.39 is 10.9 Å². The number of carbonyl (C=O) groups is 1. The van der Waals surface area contributed by atoms with Crippen LogP contribution in [0.2, 0.25) is 0 Å². The topological polar surface area (TPSA) is 83.7 Å². The van der Waals surface area contributed by atoms with Gasteiger partial charge in [-0.3, -0.25) is 15.0 Å². The molecule has 0 amide bonds. The van der Waals surface area contributed by atoms with Crippen LogP contribution >= 0.6 is 0 Å². The standard InChI is InChI=1S/C14H18N2O4/c1-10-4-3-7-15(8-10)9-11-5-2-6-12(16(19)20)13(11)14(17)18/h2,5-6,10H,3-4,7-9H2,1H3,(H,17,18). The summed E-state index contributed by atoms with van der Waals surface area (Å²) in [6.07, 6.45) is 2.26. The molecule has 0 saturated carbocycles. The molecule has 0 bridgehead atoms. The second-order valence-electron chi connectivity index (χ2n) is 5.36. The van der Waals surface area contributed by atoms with Crippen molar-refractivity contribution in [2.24, 2.45) is 5.92 Å². The molecular weight excluding hydrogens is 260 g/mol. The van der Waals surface area contributed by atoms with Crippen LogP contribution in [0.25, 0.3) is 0 Å². The predicted molar refractivity (Wildman–Crippen MR) is 73.7 cm³/mol. The Morgan fingerprint density at radius 3 is 2.90 bits per heavy atom. The number of rotatable bonds is 4. The zero-order valence-electron chi connectivity index (χ0n) is 11.4. The Morgan fingerprint density at radius 2 is 2.30 bits per heavy atom. The molecule has 0 spiro atoms. The Bertz CT molecular complexity index is 530. The third-order valence-corrected chi connectivity index (χ3v) is 3.67. The molecule has 108 valence electrons. The summed E-state index contributed by atoms with van der Waals surface area (Å²) >= 11 is 0. The number of likely N-dealkylation sites (tertiary alicyclic amines) is 1. The van der Waals surface area contributed by atoms with Crippen LogP contribution in [0.3, 0.4) is 0 Å². The monoisotopic (exact) mass is 278 g/mol. The Kier molecular flexibility index (Phi) is 4.34. The predicted octanol–water partition coefficient (Wildman–Crippen LogP) is 2.52. The van der Waals surface area contributed by atoms with E-state index in [4.69, 9.17) is 0 Å². The van der Waals surface area contributed by atoms with Crippen molar-refractivity contribution < 1.29 is 14.8 Å². The summed E-state index contributed by atoms with van der Waals surface area (Å²) in [5.41, 5.74) is -0.00316. The molecule has 1 fully saturated rings. The summed E-state index contributed by atoms with van der Waals surface area (Å²) in [5.74, 6) is -0.659. The highest BCUT2D eigenvalue weighted by Gasteiger charge is 2.25. The van der Waals surface area contributed by atoms with Crippen molar-refractivity contribution in [1.82, 2.24) is 4.90 Å². The van der Waals surface area contributed by atoms with Crippen molar-refractivity contribution in [2.45, 2.75) is 26.3 Å². The van der Waals surface area contributed by atoms with Crippen LogP contribution in [0.15, 0.2) is 18.2 Å². The number of carboxylic acid groups (broad SMARTS) is 1. The first-order valence-electron chi connectivity index (χ1n) is 6.71. The van der Waals surface area contributed by atoms with Crippen LogP contribution in [0, 0.1) is 16.0 Å². The number of nitro groups is 1. The van der Waals surface area contributed by atoms with Gasteiger partial charge in [-0.25, -0.2) is 4.79 Å². The molecule has 6 heteroatoms. The number of nitro benzene ring substituents is 1. The largest absolute Gasteiger partial charge is 0.477 e. The van der Waals surface area contributed by atoms with E-state index in [0.717, 1.165) is 19.5 Å². The van der Waals surface area contributed by atoms with Crippen LogP contribution in [-0.2, 0) is 6.54 Å². The zero-order valence-corrected chi connectivity index (χ0v) is 11.4. The van der Waals surface area contributed by atoms with Crippen LogP contribution in [-0.4, -0.2) is 34.0 Å². The Labute approximate surface area is 117 Å². The molecule has 1 aromatic rings. The van der Waals surface area contributed by atoms with Crippen LogP contribution < -0.4 is 0 Å². The summed E-state index contributed by atoms with van der Waals surface area (Å²) in [6.45, 7) is 4.43. The molecule has 1 saturated heterocycles. The quantitative estimate of drug-likeness (QED) is 0.675. The minimum atomic E-state index is -1.24. The highest BCUT2D eigenvalue weighted by Crippen LogP contribution is 2.25. The van der Waals surface area contributed by atoms with Gasteiger partial charge in [-0.15, -0.1) is 0 Å². The molecule has 20 heavy (non-hydrogen) atoms. The maximum absolute atomic E-state index is 11.3. The number of benzene rings is 1. The number of hydrogen-bond donors (Lipinski definition) is 1. The van der Waals surface area contributed by atoms with Gasteiger partial charge in [-0.05, 0) is 30.9 Å². The zero-order chi connectivity index (χ0) is 14.7. The first-order valence-corrected chi connectivity index (χ1v) is 6.71. The second-order valence-corrected chi connectivity index (χ2v) is 5.36. The Balaban J connectivity index is 2.29. The lowest BCUT2D eigenvalue weighted by Crippen LogP contribution is -2.34. The average Bonchev–Trinajstić information content (AvgIpc) is 2.38. The number of aromatic carboxylic acids is 1. The molecule has 1 aliphatic rings. The summed E-state index contributed by atoms with van der Waals surface area (Å²) in [7, 11) is 0. The first-order chi connectivity index (χ1) is 9.49. The molecule has 1 unspecified atom stereocenters. The Hall–Kier alpha value is -1.95. The molecule has 0 aromatic heterocycles. The van der Waals surface area contributed by atoms with Gasteiger partial charge in [-0.1, -0.05) is 19.1 Å².